The first-order valence-corrected chi connectivity index (χ1v) is 3.84. The molecule has 0 amide bonds. The zero-order chi connectivity index (χ0) is 9.14. The maximum atomic E-state index is 10.6. The third kappa shape index (κ3) is 2.16. The van der Waals surface area contributed by atoms with Gasteiger partial charge in [0.25, 0.3) is 0 Å². The number of carbonyl (C=O) groups is 1. The quantitative estimate of drug-likeness (QED) is 0.762. The first kappa shape index (κ1) is 8.92. The molecule has 1 aromatic rings. The predicted molar refractivity (Wildman–Crippen MR) is 43.9 cm³/mol. The van der Waals surface area contributed by atoms with Gasteiger partial charge >= 0.3 is 11.7 Å². The van der Waals surface area contributed by atoms with E-state index in [0.717, 1.165) is 0 Å². The number of aromatic nitrogens is 2. The Morgan fingerprint density at radius 1 is 1.75 bits per heavy atom. The Balaban J connectivity index is 3.05. The fraction of sp³-hybridized carbons (Fsp3) is 0.167. The molecular formula is C6H5BrN2O3. The lowest BCUT2D eigenvalue weighted by atomic mass is 10.3. The summed E-state index contributed by atoms with van der Waals surface area (Å²) in [7, 11) is 0. The lowest BCUT2D eigenvalue weighted by Crippen LogP contribution is -2.14. The van der Waals surface area contributed by atoms with Crippen molar-refractivity contribution in [3.05, 3.63) is 26.8 Å². The summed E-state index contributed by atoms with van der Waals surface area (Å²) in [4.78, 5) is 26.6. The van der Waals surface area contributed by atoms with Crippen LogP contribution in [0.1, 0.15) is 5.69 Å². The molecule has 0 fully saturated rings. The van der Waals surface area contributed by atoms with Gasteiger partial charge in [-0.05, 0) is 15.9 Å². The number of H-pyrrole nitrogens is 1. The van der Waals surface area contributed by atoms with Crippen LogP contribution < -0.4 is 5.69 Å². The molecule has 0 aliphatic carbocycles. The van der Waals surface area contributed by atoms with E-state index in [1.54, 1.807) is 0 Å². The van der Waals surface area contributed by atoms with Crippen LogP contribution in [0.4, 0.5) is 0 Å². The third-order valence-corrected chi connectivity index (χ3v) is 1.85. The Morgan fingerprint density at radius 3 is 3.00 bits per heavy atom. The molecular weight excluding hydrogens is 228 g/mol. The lowest BCUT2D eigenvalue weighted by Gasteiger charge is -1.97. The molecule has 0 unspecified atom stereocenters. The van der Waals surface area contributed by atoms with E-state index in [1.807, 2.05) is 0 Å². The second-order valence-electron chi connectivity index (χ2n) is 2.09. The summed E-state index contributed by atoms with van der Waals surface area (Å²) in [6.45, 7) is 0. The Morgan fingerprint density at radius 2 is 2.42 bits per heavy atom. The van der Waals surface area contributed by atoms with Gasteiger partial charge in [-0.1, -0.05) is 0 Å². The van der Waals surface area contributed by atoms with Gasteiger partial charge in [0.1, 0.15) is 0 Å². The van der Waals surface area contributed by atoms with E-state index in [2.05, 4.69) is 25.9 Å². The molecule has 0 saturated carbocycles. The van der Waals surface area contributed by atoms with Gasteiger partial charge in [-0.25, -0.2) is 9.78 Å². The monoisotopic (exact) mass is 232 g/mol. The predicted octanol–water partition coefficient (Wildman–Crippen LogP) is 0.159. The number of halogens is 1. The number of hydrogen-bond donors (Lipinski definition) is 2. The molecule has 2 N–H and O–H groups in total. The fourth-order valence-corrected chi connectivity index (χ4v) is 1.04. The normalized spacial score (nSPS) is 9.75. The molecule has 12 heavy (non-hydrogen) atoms. The molecule has 0 aliphatic rings. The number of aromatic amines is 1. The number of nitrogens with one attached hydrogen (secondary N) is 1. The molecule has 1 heterocycles. The second kappa shape index (κ2) is 3.48. The average molecular weight is 233 g/mol. The number of carboxylic acids is 1. The zero-order valence-electron chi connectivity index (χ0n) is 5.87. The van der Waals surface area contributed by atoms with Crippen LogP contribution in [0.3, 0.4) is 0 Å². The van der Waals surface area contributed by atoms with Gasteiger partial charge in [0.15, 0.2) is 0 Å². The minimum atomic E-state index is -1.00. The summed E-state index contributed by atoms with van der Waals surface area (Å²) in [6.07, 6.45) is 1.05. The van der Waals surface area contributed by atoms with E-state index < -0.39 is 11.7 Å². The second-order valence-corrected chi connectivity index (χ2v) is 2.94. The van der Waals surface area contributed by atoms with Crippen molar-refractivity contribution >= 4 is 21.9 Å². The van der Waals surface area contributed by atoms with E-state index in [-0.39, 0.29) is 6.42 Å². The van der Waals surface area contributed by atoms with Crippen molar-refractivity contribution < 1.29 is 9.90 Å². The smallest absolute Gasteiger partial charge is 0.345 e. The Kier molecular flexibility index (Phi) is 2.59. The molecule has 0 bridgehead atoms. The highest BCUT2D eigenvalue weighted by atomic mass is 79.9. The lowest BCUT2D eigenvalue weighted by molar-refractivity contribution is -0.136. The van der Waals surface area contributed by atoms with Crippen LogP contribution in [0.15, 0.2) is 15.5 Å². The minimum Gasteiger partial charge on any atom is -0.481 e. The highest BCUT2D eigenvalue weighted by molar-refractivity contribution is 9.10. The maximum absolute atomic E-state index is 10.6. The molecule has 0 aliphatic heterocycles. The first-order valence-electron chi connectivity index (χ1n) is 3.05. The van der Waals surface area contributed by atoms with Crippen LogP contribution in [0.2, 0.25) is 0 Å². The summed E-state index contributed by atoms with van der Waals surface area (Å²) in [6, 6.07) is 0. The topological polar surface area (TPSA) is 83.0 Å². The van der Waals surface area contributed by atoms with E-state index in [0.29, 0.717) is 10.2 Å². The van der Waals surface area contributed by atoms with Crippen LogP contribution in [-0.2, 0) is 11.2 Å². The van der Waals surface area contributed by atoms with Crippen LogP contribution in [-0.4, -0.2) is 21.0 Å². The summed E-state index contributed by atoms with van der Waals surface area (Å²) >= 11 is 3.06. The van der Waals surface area contributed by atoms with Crippen molar-refractivity contribution in [3.8, 4) is 0 Å². The molecule has 0 spiro atoms. The summed E-state index contributed by atoms with van der Waals surface area (Å²) in [5.74, 6) is -1.00. The van der Waals surface area contributed by atoms with Crippen LogP contribution in [0.5, 0.6) is 0 Å². The Bertz CT molecular complexity index is 360. The van der Waals surface area contributed by atoms with Gasteiger partial charge in [0, 0.05) is 11.9 Å². The number of carboxylic acid groups (broad SMARTS) is 1. The highest BCUT2D eigenvalue weighted by Crippen LogP contribution is 2.10. The SMILES string of the molecule is O=C(O)Cc1[nH]c(=O)ncc1Br. The maximum Gasteiger partial charge on any atom is 0.345 e. The van der Waals surface area contributed by atoms with Gasteiger partial charge < -0.3 is 10.1 Å². The van der Waals surface area contributed by atoms with Gasteiger partial charge in [0.2, 0.25) is 0 Å². The van der Waals surface area contributed by atoms with Crippen LogP contribution in [0.25, 0.3) is 0 Å². The van der Waals surface area contributed by atoms with Crippen molar-refractivity contribution in [3.63, 3.8) is 0 Å². The van der Waals surface area contributed by atoms with Gasteiger partial charge in [-0.3, -0.25) is 4.79 Å². The number of nitrogens with zero attached hydrogens (tertiary/aromatic N) is 1. The summed E-state index contributed by atoms with van der Waals surface area (Å²) < 4.78 is 0.490. The molecule has 5 nitrogen and oxygen atoms in total. The summed E-state index contributed by atoms with van der Waals surface area (Å²) in [5, 5.41) is 8.42. The van der Waals surface area contributed by atoms with Gasteiger partial charge in [0.05, 0.1) is 10.9 Å². The van der Waals surface area contributed by atoms with E-state index in [1.165, 1.54) is 6.20 Å². The molecule has 0 radical (unpaired) electrons. The van der Waals surface area contributed by atoms with Crippen molar-refractivity contribution in [2.75, 3.05) is 0 Å². The third-order valence-electron chi connectivity index (χ3n) is 1.17. The Hall–Kier alpha value is -1.17. The van der Waals surface area contributed by atoms with Crippen molar-refractivity contribution in [1.82, 2.24) is 9.97 Å². The van der Waals surface area contributed by atoms with E-state index in [9.17, 15) is 9.59 Å². The largest absolute Gasteiger partial charge is 0.481 e. The first-order chi connectivity index (χ1) is 5.59. The van der Waals surface area contributed by atoms with Crippen LogP contribution >= 0.6 is 15.9 Å². The molecule has 1 rings (SSSR count). The molecule has 0 aromatic carbocycles. The van der Waals surface area contributed by atoms with Crippen molar-refractivity contribution in [2.45, 2.75) is 6.42 Å². The van der Waals surface area contributed by atoms with Crippen molar-refractivity contribution in [1.29, 1.82) is 0 Å². The number of rotatable bonds is 2. The fourth-order valence-electron chi connectivity index (χ4n) is 0.694. The molecule has 6 heteroatoms. The molecule has 1 aromatic heterocycles. The number of aliphatic carboxylic acids is 1. The molecule has 0 saturated heterocycles. The van der Waals surface area contributed by atoms with E-state index in [4.69, 9.17) is 5.11 Å². The molecule has 64 valence electrons. The Labute approximate surface area is 75.6 Å². The average Bonchev–Trinajstić information content (AvgIpc) is 1.96. The van der Waals surface area contributed by atoms with Crippen molar-refractivity contribution in [2.24, 2.45) is 0 Å². The molecule has 0 atom stereocenters. The standard InChI is InChI=1S/C6H5BrN2O3/c7-3-2-8-6(12)9-4(3)1-5(10)11/h2H,1H2,(H,10,11)(H,8,9,12). The van der Waals surface area contributed by atoms with Crippen LogP contribution in [0, 0.1) is 0 Å². The van der Waals surface area contributed by atoms with Gasteiger partial charge in [-0.2, -0.15) is 0 Å². The zero-order valence-corrected chi connectivity index (χ0v) is 7.46. The minimum absolute atomic E-state index is 0.224. The van der Waals surface area contributed by atoms with Gasteiger partial charge in [-0.15, -0.1) is 0 Å². The highest BCUT2D eigenvalue weighted by Gasteiger charge is 2.05. The summed E-state index contributed by atoms with van der Waals surface area (Å²) in [5.41, 5.74) is -0.225. The van der Waals surface area contributed by atoms with E-state index >= 15 is 0 Å². The number of hydrogen-bond acceptors (Lipinski definition) is 3.